The topological polar surface area (TPSA) is 89.4 Å². The molecule has 1 heterocycles. The average Bonchev–Trinajstić information content (AvgIpc) is 3.06. The van der Waals surface area contributed by atoms with E-state index in [2.05, 4.69) is 67.3 Å². The Balaban J connectivity index is 1.75. The number of nitrogens with two attached hydrogens (primary N) is 2. The first-order valence-corrected chi connectivity index (χ1v) is 10.3. The molecule has 0 aliphatic carbocycles. The normalized spacial score (nSPS) is 21.9. The highest BCUT2D eigenvalue weighted by molar-refractivity contribution is 5.87. The van der Waals surface area contributed by atoms with Crippen molar-refractivity contribution in [3.8, 4) is 0 Å². The van der Waals surface area contributed by atoms with Gasteiger partial charge in [0.25, 0.3) is 0 Å². The molecule has 29 heavy (non-hydrogen) atoms. The Morgan fingerprint density at radius 2 is 1.38 bits per heavy atom. The SMILES string of the molecule is Cc1ccc(CCC2C(C(N)=O)C(C(N)=O)CN2CCc2ccc(C)cc2)cc1. The average molecular weight is 394 g/mol. The number of benzene rings is 2. The van der Waals surface area contributed by atoms with Gasteiger partial charge in [0, 0.05) is 19.1 Å². The maximum atomic E-state index is 12.2. The van der Waals surface area contributed by atoms with Crippen molar-refractivity contribution >= 4 is 11.8 Å². The molecule has 4 N–H and O–H groups in total. The van der Waals surface area contributed by atoms with Crippen molar-refractivity contribution in [2.75, 3.05) is 13.1 Å². The molecule has 1 aliphatic rings. The van der Waals surface area contributed by atoms with Crippen LogP contribution < -0.4 is 11.5 Å². The van der Waals surface area contributed by atoms with Gasteiger partial charge in [-0.2, -0.15) is 0 Å². The first-order valence-electron chi connectivity index (χ1n) is 10.3. The fourth-order valence-corrected chi connectivity index (χ4v) is 4.37. The summed E-state index contributed by atoms with van der Waals surface area (Å²) in [7, 11) is 0. The summed E-state index contributed by atoms with van der Waals surface area (Å²) in [5, 5.41) is 0. The van der Waals surface area contributed by atoms with Crippen LogP contribution in [0.15, 0.2) is 48.5 Å². The summed E-state index contributed by atoms with van der Waals surface area (Å²) in [6.07, 6.45) is 2.47. The summed E-state index contributed by atoms with van der Waals surface area (Å²) < 4.78 is 0. The molecule has 0 aromatic heterocycles. The number of amides is 2. The molecule has 2 aromatic rings. The first kappa shape index (κ1) is 21.1. The second-order valence-corrected chi connectivity index (χ2v) is 8.26. The van der Waals surface area contributed by atoms with Gasteiger partial charge in [-0.15, -0.1) is 0 Å². The summed E-state index contributed by atoms with van der Waals surface area (Å²) >= 11 is 0. The van der Waals surface area contributed by atoms with Gasteiger partial charge in [0.15, 0.2) is 0 Å². The predicted octanol–water partition coefficient (Wildman–Crippen LogP) is 2.37. The number of carbonyl (C=O) groups excluding carboxylic acids is 2. The smallest absolute Gasteiger partial charge is 0.222 e. The van der Waals surface area contributed by atoms with Crippen molar-refractivity contribution in [1.29, 1.82) is 0 Å². The van der Waals surface area contributed by atoms with Gasteiger partial charge in [0.1, 0.15) is 0 Å². The van der Waals surface area contributed by atoms with Gasteiger partial charge in [-0.05, 0) is 44.2 Å². The molecular formula is C24H31N3O2. The third-order valence-corrected chi connectivity index (χ3v) is 6.10. The van der Waals surface area contributed by atoms with E-state index in [4.69, 9.17) is 11.5 Å². The molecule has 0 saturated carbocycles. The van der Waals surface area contributed by atoms with Crippen molar-refractivity contribution in [2.45, 2.75) is 39.2 Å². The highest BCUT2D eigenvalue weighted by Crippen LogP contribution is 2.33. The Kier molecular flexibility index (Phi) is 6.70. The lowest BCUT2D eigenvalue weighted by Gasteiger charge is -2.27. The van der Waals surface area contributed by atoms with E-state index >= 15 is 0 Å². The summed E-state index contributed by atoms with van der Waals surface area (Å²) in [4.78, 5) is 26.5. The van der Waals surface area contributed by atoms with Gasteiger partial charge < -0.3 is 11.5 Å². The van der Waals surface area contributed by atoms with E-state index in [9.17, 15) is 9.59 Å². The van der Waals surface area contributed by atoms with Crippen LogP contribution in [0.2, 0.25) is 0 Å². The van der Waals surface area contributed by atoms with Crippen LogP contribution in [0.4, 0.5) is 0 Å². The molecule has 1 fully saturated rings. The summed E-state index contributed by atoms with van der Waals surface area (Å²) in [5.41, 5.74) is 16.3. The summed E-state index contributed by atoms with van der Waals surface area (Å²) in [6.45, 7) is 5.40. The third-order valence-electron chi connectivity index (χ3n) is 6.10. The number of hydrogen-bond acceptors (Lipinski definition) is 3. The van der Waals surface area contributed by atoms with Gasteiger partial charge in [-0.1, -0.05) is 59.7 Å². The Morgan fingerprint density at radius 1 is 0.862 bits per heavy atom. The molecule has 2 amide bonds. The highest BCUT2D eigenvalue weighted by atomic mass is 16.2. The Morgan fingerprint density at radius 3 is 1.86 bits per heavy atom. The predicted molar refractivity (Wildman–Crippen MR) is 115 cm³/mol. The van der Waals surface area contributed by atoms with Gasteiger partial charge in [0.2, 0.25) is 11.8 Å². The number of aryl methyl sites for hydroxylation is 3. The van der Waals surface area contributed by atoms with Gasteiger partial charge in [-0.25, -0.2) is 0 Å². The monoisotopic (exact) mass is 393 g/mol. The third kappa shape index (κ3) is 5.24. The van der Waals surface area contributed by atoms with Crippen molar-refractivity contribution < 1.29 is 9.59 Å². The number of rotatable bonds is 8. The lowest BCUT2D eigenvalue weighted by molar-refractivity contribution is -0.130. The van der Waals surface area contributed by atoms with Gasteiger partial charge in [0.05, 0.1) is 11.8 Å². The van der Waals surface area contributed by atoms with Crippen LogP contribution in [0.25, 0.3) is 0 Å². The van der Waals surface area contributed by atoms with Crippen LogP contribution in [0.1, 0.15) is 28.7 Å². The maximum Gasteiger partial charge on any atom is 0.222 e. The number of likely N-dealkylation sites (tertiary alicyclic amines) is 1. The highest BCUT2D eigenvalue weighted by Gasteiger charge is 2.46. The molecule has 1 aliphatic heterocycles. The van der Waals surface area contributed by atoms with Crippen LogP contribution in [-0.4, -0.2) is 35.8 Å². The molecule has 0 radical (unpaired) electrons. The van der Waals surface area contributed by atoms with Crippen LogP contribution in [0, 0.1) is 25.7 Å². The number of carbonyl (C=O) groups is 2. The van der Waals surface area contributed by atoms with Crippen molar-refractivity contribution in [1.82, 2.24) is 4.90 Å². The Bertz CT molecular complexity index is 845. The van der Waals surface area contributed by atoms with Crippen molar-refractivity contribution in [3.63, 3.8) is 0 Å². The zero-order valence-corrected chi connectivity index (χ0v) is 17.3. The quantitative estimate of drug-likeness (QED) is 0.721. The maximum absolute atomic E-state index is 12.2. The molecule has 1 saturated heterocycles. The zero-order chi connectivity index (χ0) is 21.0. The lowest BCUT2D eigenvalue weighted by Crippen LogP contribution is -2.42. The van der Waals surface area contributed by atoms with Crippen LogP contribution in [0.5, 0.6) is 0 Å². The zero-order valence-electron chi connectivity index (χ0n) is 17.3. The van der Waals surface area contributed by atoms with E-state index in [1.807, 2.05) is 0 Å². The fourth-order valence-electron chi connectivity index (χ4n) is 4.37. The van der Waals surface area contributed by atoms with E-state index in [0.717, 1.165) is 25.8 Å². The van der Waals surface area contributed by atoms with E-state index < -0.39 is 23.7 Å². The van der Waals surface area contributed by atoms with E-state index in [1.54, 1.807) is 0 Å². The lowest BCUT2D eigenvalue weighted by atomic mass is 9.86. The van der Waals surface area contributed by atoms with Gasteiger partial charge >= 0.3 is 0 Å². The van der Waals surface area contributed by atoms with Crippen molar-refractivity contribution in [3.05, 3.63) is 70.8 Å². The minimum Gasteiger partial charge on any atom is -0.369 e. The number of hydrogen-bond donors (Lipinski definition) is 2. The Labute approximate surface area is 173 Å². The molecule has 0 bridgehead atoms. The molecule has 3 atom stereocenters. The first-order chi connectivity index (χ1) is 13.8. The molecule has 154 valence electrons. The second kappa shape index (κ2) is 9.23. The summed E-state index contributed by atoms with van der Waals surface area (Å²) in [6, 6.07) is 16.8. The van der Waals surface area contributed by atoms with Gasteiger partial charge in [-0.3, -0.25) is 14.5 Å². The minimum atomic E-state index is -0.532. The van der Waals surface area contributed by atoms with E-state index in [0.29, 0.717) is 6.54 Å². The molecule has 0 spiro atoms. The molecule has 3 rings (SSSR count). The standard InChI is InChI=1S/C24H31N3O2/c1-16-3-7-18(8-4-16)11-12-21-22(24(26)29)20(23(25)28)15-27(21)14-13-19-9-5-17(2)6-10-19/h3-10,20-22H,11-15H2,1-2H3,(H2,25,28)(H2,26,29). The van der Waals surface area contributed by atoms with Crippen LogP contribution in [-0.2, 0) is 22.4 Å². The molecular weight excluding hydrogens is 362 g/mol. The molecule has 2 aromatic carbocycles. The van der Waals surface area contributed by atoms with Crippen molar-refractivity contribution in [2.24, 2.45) is 23.3 Å². The van der Waals surface area contributed by atoms with Crippen LogP contribution in [0.3, 0.4) is 0 Å². The van der Waals surface area contributed by atoms with E-state index in [1.165, 1.54) is 22.3 Å². The molecule has 5 nitrogen and oxygen atoms in total. The Hall–Kier alpha value is -2.66. The summed E-state index contributed by atoms with van der Waals surface area (Å²) in [5.74, 6) is -1.92. The minimum absolute atomic E-state index is 0.0725. The second-order valence-electron chi connectivity index (χ2n) is 8.26. The fraction of sp³-hybridized carbons (Fsp3) is 0.417. The number of nitrogens with zero attached hydrogens (tertiary/aromatic N) is 1. The van der Waals surface area contributed by atoms with E-state index in [-0.39, 0.29) is 6.04 Å². The van der Waals surface area contributed by atoms with Crippen LogP contribution >= 0.6 is 0 Å². The molecule has 5 heteroatoms. The molecule has 3 unspecified atom stereocenters. The number of primary amides is 2. The largest absolute Gasteiger partial charge is 0.369 e.